The zero-order valence-corrected chi connectivity index (χ0v) is 10.6. The van der Waals surface area contributed by atoms with Gasteiger partial charge in [-0.2, -0.15) is 10.2 Å². The van der Waals surface area contributed by atoms with Gasteiger partial charge < -0.3 is 9.47 Å². The molecule has 0 N–H and O–H groups in total. The third kappa shape index (κ3) is 4.00. The molecule has 0 aliphatic carbocycles. The number of aryl methyl sites for hydroxylation is 1. The highest BCUT2D eigenvalue weighted by atomic mass is 16.5. The summed E-state index contributed by atoms with van der Waals surface area (Å²) in [6, 6.07) is 9.50. The van der Waals surface area contributed by atoms with Gasteiger partial charge in [-0.25, -0.2) is 0 Å². The first kappa shape index (κ1) is 12.9. The van der Waals surface area contributed by atoms with Crippen molar-refractivity contribution in [2.75, 3.05) is 13.2 Å². The number of aromatic nitrogens is 3. The van der Waals surface area contributed by atoms with Gasteiger partial charge in [0, 0.05) is 13.5 Å². The molecule has 0 radical (unpaired) electrons. The van der Waals surface area contributed by atoms with Gasteiger partial charge in [0.2, 0.25) is 0 Å². The Morgan fingerprint density at radius 2 is 2.16 bits per heavy atom. The minimum absolute atomic E-state index is 0.369. The Bertz CT molecular complexity index is 574. The zero-order valence-electron chi connectivity index (χ0n) is 10.6. The molecule has 0 unspecified atom stereocenters. The van der Waals surface area contributed by atoms with Crippen molar-refractivity contribution in [2.45, 2.75) is 6.42 Å². The van der Waals surface area contributed by atoms with Gasteiger partial charge in [0.25, 0.3) is 0 Å². The minimum atomic E-state index is 0.369. The van der Waals surface area contributed by atoms with Crippen LogP contribution in [0.25, 0.3) is 0 Å². The summed E-state index contributed by atoms with van der Waals surface area (Å²) < 4.78 is 12.4. The van der Waals surface area contributed by atoms with E-state index in [9.17, 15) is 0 Å². The van der Waals surface area contributed by atoms with Gasteiger partial charge in [-0.05, 0) is 18.2 Å². The molecule has 2 rings (SSSR count). The van der Waals surface area contributed by atoms with E-state index in [2.05, 4.69) is 16.2 Å². The Morgan fingerprint density at radius 3 is 2.89 bits per heavy atom. The van der Waals surface area contributed by atoms with Crippen molar-refractivity contribution in [3.05, 3.63) is 36.2 Å². The Kier molecular flexibility index (Phi) is 4.34. The summed E-state index contributed by atoms with van der Waals surface area (Å²) >= 11 is 0. The maximum atomic E-state index is 8.76. The lowest BCUT2D eigenvalue weighted by atomic mass is 10.2. The molecule has 0 spiro atoms. The largest absolute Gasteiger partial charge is 0.493 e. The fraction of sp³-hybridized carbons (Fsp3) is 0.308. The maximum absolute atomic E-state index is 8.76. The third-order valence-corrected chi connectivity index (χ3v) is 2.33. The van der Waals surface area contributed by atoms with Gasteiger partial charge in [0.05, 0.1) is 24.8 Å². The second-order valence-corrected chi connectivity index (χ2v) is 3.89. The van der Waals surface area contributed by atoms with Gasteiger partial charge in [0.1, 0.15) is 12.1 Å². The van der Waals surface area contributed by atoms with E-state index >= 15 is 0 Å². The number of nitriles is 1. The van der Waals surface area contributed by atoms with E-state index < -0.39 is 0 Å². The normalized spacial score (nSPS) is 9.89. The Labute approximate surface area is 111 Å². The lowest BCUT2D eigenvalue weighted by Crippen LogP contribution is -2.06. The number of rotatable bonds is 6. The van der Waals surface area contributed by atoms with Crippen molar-refractivity contribution >= 4 is 0 Å². The van der Waals surface area contributed by atoms with E-state index in [0.29, 0.717) is 30.5 Å². The number of benzene rings is 1. The summed E-state index contributed by atoms with van der Waals surface area (Å²) in [5, 5.41) is 12.8. The van der Waals surface area contributed by atoms with E-state index in [1.54, 1.807) is 36.3 Å². The van der Waals surface area contributed by atoms with Crippen LogP contribution in [0.5, 0.6) is 11.8 Å². The van der Waals surface area contributed by atoms with Crippen LogP contribution in [-0.2, 0) is 7.05 Å². The first-order chi connectivity index (χ1) is 9.28. The van der Waals surface area contributed by atoms with Crippen LogP contribution in [0.4, 0.5) is 0 Å². The highest BCUT2D eigenvalue weighted by Gasteiger charge is 1.99. The average Bonchev–Trinajstić information content (AvgIpc) is 2.84. The van der Waals surface area contributed by atoms with Crippen molar-refractivity contribution in [2.24, 2.45) is 7.05 Å². The Hall–Kier alpha value is -2.55. The van der Waals surface area contributed by atoms with Crippen molar-refractivity contribution in [3.8, 4) is 17.8 Å². The van der Waals surface area contributed by atoms with Gasteiger partial charge in [-0.1, -0.05) is 6.07 Å². The summed E-state index contributed by atoms with van der Waals surface area (Å²) in [4.78, 5) is 3.95. The van der Waals surface area contributed by atoms with Crippen LogP contribution in [0.1, 0.15) is 12.0 Å². The van der Waals surface area contributed by atoms with E-state index in [-0.39, 0.29) is 0 Å². The standard InChI is InChI=1S/C13H14N4O2/c1-17-10-15-13(16-17)19-7-3-6-18-12-5-2-4-11(8-12)9-14/h2,4-5,8,10H,3,6-7H2,1H3. The summed E-state index contributed by atoms with van der Waals surface area (Å²) in [5.41, 5.74) is 0.589. The number of nitrogens with zero attached hydrogens (tertiary/aromatic N) is 4. The van der Waals surface area contributed by atoms with Crippen molar-refractivity contribution < 1.29 is 9.47 Å². The predicted octanol–water partition coefficient (Wildman–Crippen LogP) is 1.53. The Morgan fingerprint density at radius 1 is 1.32 bits per heavy atom. The van der Waals surface area contributed by atoms with Crippen LogP contribution in [0.15, 0.2) is 30.6 Å². The second-order valence-electron chi connectivity index (χ2n) is 3.89. The molecule has 0 aliphatic heterocycles. The van der Waals surface area contributed by atoms with Crippen LogP contribution >= 0.6 is 0 Å². The lowest BCUT2D eigenvalue weighted by molar-refractivity contribution is 0.236. The fourth-order valence-corrected chi connectivity index (χ4v) is 1.45. The van der Waals surface area contributed by atoms with E-state index in [1.165, 1.54) is 0 Å². The minimum Gasteiger partial charge on any atom is -0.493 e. The summed E-state index contributed by atoms with van der Waals surface area (Å²) in [6.45, 7) is 1.00. The molecule has 0 atom stereocenters. The highest BCUT2D eigenvalue weighted by Crippen LogP contribution is 2.12. The summed E-state index contributed by atoms with van der Waals surface area (Å²) in [5.74, 6) is 0.690. The van der Waals surface area contributed by atoms with Gasteiger partial charge in [-0.15, -0.1) is 5.10 Å². The SMILES string of the molecule is Cn1cnc(OCCCOc2cccc(C#N)c2)n1. The van der Waals surface area contributed by atoms with Gasteiger partial charge >= 0.3 is 6.01 Å². The molecular formula is C13H14N4O2. The molecular weight excluding hydrogens is 244 g/mol. The topological polar surface area (TPSA) is 73.0 Å². The fourth-order valence-electron chi connectivity index (χ4n) is 1.45. The van der Waals surface area contributed by atoms with Crippen LogP contribution < -0.4 is 9.47 Å². The molecule has 98 valence electrons. The summed E-state index contributed by atoms with van der Waals surface area (Å²) in [7, 11) is 1.78. The monoisotopic (exact) mass is 258 g/mol. The molecule has 6 nitrogen and oxygen atoms in total. The van der Waals surface area contributed by atoms with E-state index in [0.717, 1.165) is 6.42 Å². The smallest absolute Gasteiger partial charge is 0.335 e. The average molecular weight is 258 g/mol. The molecule has 19 heavy (non-hydrogen) atoms. The molecule has 0 bridgehead atoms. The number of ether oxygens (including phenoxy) is 2. The maximum Gasteiger partial charge on any atom is 0.335 e. The lowest BCUT2D eigenvalue weighted by Gasteiger charge is -2.06. The molecule has 0 aliphatic rings. The van der Waals surface area contributed by atoms with E-state index in [1.807, 2.05) is 6.07 Å². The first-order valence-electron chi connectivity index (χ1n) is 5.89. The van der Waals surface area contributed by atoms with Crippen molar-refractivity contribution in [1.29, 1.82) is 5.26 Å². The Balaban J connectivity index is 1.68. The molecule has 0 saturated heterocycles. The predicted molar refractivity (Wildman–Crippen MR) is 67.8 cm³/mol. The van der Waals surface area contributed by atoms with Crippen LogP contribution in [-0.4, -0.2) is 28.0 Å². The molecule has 0 saturated carbocycles. The first-order valence-corrected chi connectivity index (χ1v) is 5.89. The molecule has 0 amide bonds. The van der Waals surface area contributed by atoms with Crippen LogP contribution in [0.2, 0.25) is 0 Å². The number of hydrogen-bond donors (Lipinski definition) is 0. The highest BCUT2D eigenvalue weighted by molar-refractivity contribution is 5.36. The van der Waals surface area contributed by atoms with E-state index in [4.69, 9.17) is 14.7 Å². The molecule has 1 aromatic carbocycles. The zero-order chi connectivity index (χ0) is 13.5. The van der Waals surface area contributed by atoms with Crippen LogP contribution in [0.3, 0.4) is 0 Å². The third-order valence-electron chi connectivity index (χ3n) is 2.33. The van der Waals surface area contributed by atoms with Gasteiger partial charge in [-0.3, -0.25) is 4.68 Å². The number of hydrogen-bond acceptors (Lipinski definition) is 5. The van der Waals surface area contributed by atoms with Crippen molar-refractivity contribution in [1.82, 2.24) is 14.8 Å². The molecule has 2 aromatic rings. The molecule has 1 heterocycles. The molecule has 1 aromatic heterocycles. The summed E-state index contributed by atoms with van der Waals surface area (Å²) in [6.07, 6.45) is 2.30. The molecule has 6 heteroatoms. The second kappa shape index (κ2) is 6.40. The van der Waals surface area contributed by atoms with Crippen LogP contribution in [0, 0.1) is 11.3 Å². The van der Waals surface area contributed by atoms with Crippen molar-refractivity contribution in [3.63, 3.8) is 0 Å². The van der Waals surface area contributed by atoms with Gasteiger partial charge in [0.15, 0.2) is 0 Å². The quantitative estimate of drug-likeness (QED) is 0.735. The molecule has 0 fully saturated rings.